The molecule has 0 aliphatic heterocycles. The predicted octanol–water partition coefficient (Wildman–Crippen LogP) is 2.51. The lowest BCUT2D eigenvalue weighted by Gasteiger charge is -2.09. The van der Waals surface area contributed by atoms with Crippen LogP contribution in [0.4, 0.5) is 0 Å². The van der Waals surface area contributed by atoms with E-state index >= 15 is 0 Å². The standard InChI is InChI=1S/C16H17NO2/c1-19-11-15(17)16(18)14-9-7-13(8-10-14)12-5-3-2-4-6-12/h2-10,15H,11,17H2,1H3. The van der Waals surface area contributed by atoms with Crippen LogP contribution in [0.2, 0.25) is 0 Å². The van der Waals surface area contributed by atoms with E-state index in [2.05, 4.69) is 0 Å². The van der Waals surface area contributed by atoms with Crippen LogP contribution in [0.1, 0.15) is 10.4 Å². The Morgan fingerprint density at radius 1 is 1.05 bits per heavy atom. The molecule has 1 unspecified atom stereocenters. The van der Waals surface area contributed by atoms with Crippen molar-refractivity contribution in [3.8, 4) is 11.1 Å². The van der Waals surface area contributed by atoms with Crippen LogP contribution >= 0.6 is 0 Å². The van der Waals surface area contributed by atoms with Gasteiger partial charge < -0.3 is 10.5 Å². The van der Waals surface area contributed by atoms with E-state index in [1.54, 1.807) is 12.1 Å². The molecule has 3 heteroatoms. The zero-order chi connectivity index (χ0) is 13.7. The molecule has 0 aliphatic rings. The minimum Gasteiger partial charge on any atom is -0.383 e. The van der Waals surface area contributed by atoms with Gasteiger partial charge >= 0.3 is 0 Å². The molecule has 2 rings (SSSR count). The molecule has 0 bridgehead atoms. The van der Waals surface area contributed by atoms with E-state index in [0.29, 0.717) is 5.56 Å². The number of methoxy groups -OCH3 is 1. The first-order valence-electron chi connectivity index (χ1n) is 6.16. The first kappa shape index (κ1) is 13.5. The molecule has 98 valence electrons. The molecule has 0 saturated heterocycles. The second-order valence-corrected chi connectivity index (χ2v) is 4.37. The number of hydrogen-bond acceptors (Lipinski definition) is 3. The number of ketones is 1. The highest BCUT2D eigenvalue weighted by molar-refractivity contribution is 6.00. The molecule has 0 aliphatic carbocycles. The molecular formula is C16H17NO2. The maximum atomic E-state index is 12.0. The van der Waals surface area contributed by atoms with Gasteiger partial charge in [-0.15, -0.1) is 0 Å². The minimum absolute atomic E-state index is 0.0959. The summed E-state index contributed by atoms with van der Waals surface area (Å²) in [5.41, 5.74) is 8.56. The summed E-state index contributed by atoms with van der Waals surface area (Å²) >= 11 is 0. The van der Waals surface area contributed by atoms with Crippen LogP contribution in [0.25, 0.3) is 11.1 Å². The van der Waals surface area contributed by atoms with E-state index < -0.39 is 6.04 Å². The highest BCUT2D eigenvalue weighted by Gasteiger charge is 2.15. The van der Waals surface area contributed by atoms with Crippen molar-refractivity contribution in [3.05, 3.63) is 60.2 Å². The molecule has 2 aromatic carbocycles. The molecule has 0 saturated carbocycles. The molecule has 0 spiro atoms. The van der Waals surface area contributed by atoms with Crippen molar-refractivity contribution >= 4 is 5.78 Å². The molecule has 2 N–H and O–H groups in total. The van der Waals surface area contributed by atoms with E-state index in [9.17, 15) is 4.79 Å². The van der Waals surface area contributed by atoms with E-state index in [0.717, 1.165) is 11.1 Å². The fraction of sp³-hybridized carbons (Fsp3) is 0.188. The number of hydrogen-bond donors (Lipinski definition) is 1. The number of rotatable bonds is 5. The van der Waals surface area contributed by atoms with E-state index in [1.807, 2.05) is 42.5 Å². The Balaban J connectivity index is 2.17. The van der Waals surface area contributed by atoms with Crippen molar-refractivity contribution < 1.29 is 9.53 Å². The van der Waals surface area contributed by atoms with Gasteiger partial charge in [-0.2, -0.15) is 0 Å². The third-order valence-corrected chi connectivity index (χ3v) is 2.96. The molecule has 19 heavy (non-hydrogen) atoms. The molecular weight excluding hydrogens is 238 g/mol. The maximum absolute atomic E-state index is 12.0. The van der Waals surface area contributed by atoms with Crippen molar-refractivity contribution in [2.24, 2.45) is 5.73 Å². The summed E-state index contributed by atoms with van der Waals surface area (Å²) in [4.78, 5) is 12.0. The Morgan fingerprint density at radius 3 is 2.21 bits per heavy atom. The van der Waals surface area contributed by atoms with Crippen LogP contribution in [-0.2, 0) is 4.74 Å². The van der Waals surface area contributed by atoms with Gasteiger partial charge in [0.25, 0.3) is 0 Å². The summed E-state index contributed by atoms with van der Waals surface area (Å²) in [6.07, 6.45) is 0. The smallest absolute Gasteiger partial charge is 0.181 e. The highest BCUT2D eigenvalue weighted by Crippen LogP contribution is 2.19. The largest absolute Gasteiger partial charge is 0.383 e. The van der Waals surface area contributed by atoms with Crippen LogP contribution in [0.3, 0.4) is 0 Å². The van der Waals surface area contributed by atoms with Crippen LogP contribution in [0.5, 0.6) is 0 Å². The third-order valence-electron chi connectivity index (χ3n) is 2.96. The van der Waals surface area contributed by atoms with Gasteiger partial charge in [0.15, 0.2) is 5.78 Å². The van der Waals surface area contributed by atoms with E-state index in [-0.39, 0.29) is 12.4 Å². The van der Waals surface area contributed by atoms with Gasteiger partial charge in [-0.05, 0) is 11.1 Å². The summed E-state index contributed by atoms with van der Waals surface area (Å²) in [6, 6.07) is 16.9. The summed E-state index contributed by atoms with van der Waals surface area (Å²) in [6.45, 7) is 0.235. The van der Waals surface area contributed by atoms with Crippen LogP contribution in [0, 0.1) is 0 Å². The zero-order valence-corrected chi connectivity index (χ0v) is 10.9. The van der Waals surface area contributed by atoms with Gasteiger partial charge in [-0.25, -0.2) is 0 Å². The molecule has 0 amide bonds. The topological polar surface area (TPSA) is 52.3 Å². The molecule has 0 fully saturated rings. The number of ether oxygens (including phenoxy) is 1. The van der Waals surface area contributed by atoms with Gasteiger partial charge in [0.2, 0.25) is 0 Å². The van der Waals surface area contributed by atoms with Crippen LogP contribution in [-0.4, -0.2) is 25.5 Å². The molecule has 0 radical (unpaired) electrons. The second-order valence-electron chi connectivity index (χ2n) is 4.37. The monoisotopic (exact) mass is 255 g/mol. The van der Waals surface area contributed by atoms with Crippen molar-refractivity contribution in [2.45, 2.75) is 6.04 Å². The molecule has 3 nitrogen and oxygen atoms in total. The minimum atomic E-state index is -0.604. The average Bonchev–Trinajstić information content (AvgIpc) is 2.48. The van der Waals surface area contributed by atoms with E-state index in [1.165, 1.54) is 7.11 Å². The number of carbonyl (C=O) groups excluding carboxylic acids is 1. The Morgan fingerprint density at radius 2 is 1.63 bits per heavy atom. The number of Topliss-reactive ketones (excluding diaryl/α,β-unsaturated/α-hetero) is 1. The van der Waals surface area contributed by atoms with Crippen molar-refractivity contribution in [3.63, 3.8) is 0 Å². The number of benzene rings is 2. The summed E-state index contributed by atoms with van der Waals surface area (Å²) < 4.78 is 4.89. The summed E-state index contributed by atoms with van der Waals surface area (Å²) in [7, 11) is 1.53. The quantitative estimate of drug-likeness (QED) is 0.835. The average molecular weight is 255 g/mol. The van der Waals surface area contributed by atoms with Gasteiger partial charge in [0.05, 0.1) is 12.6 Å². The Labute approximate surface area is 113 Å². The van der Waals surface area contributed by atoms with Crippen molar-refractivity contribution in [1.29, 1.82) is 0 Å². The van der Waals surface area contributed by atoms with Crippen LogP contribution in [0.15, 0.2) is 54.6 Å². The maximum Gasteiger partial charge on any atom is 0.181 e. The summed E-state index contributed by atoms with van der Waals surface area (Å²) in [5, 5.41) is 0. The molecule has 2 aromatic rings. The zero-order valence-electron chi connectivity index (χ0n) is 10.9. The summed E-state index contributed by atoms with van der Waals surface area (Å²) in [5.74, 6) is -0.0959. The Bertz CT molecular complexity index is 534. The predicted molar refractivity (Wildman–Crippen MR) is 76.1 cm³/mol. The van der Waals surface area contributed by atoms with Crippen molar-refractivity contribution in [2.75, 3.05) is 13.7 Å². The lowest BCUT2D eigenvalue weighted by Crippen LogP contribution is -2.34. The Hall–Kier alpha value is -1.97. The third kappa shape index (κ3) is 3.28. The lowest BCUT2D eigenvalue weighted by molar-refractivity contribution is 0.0892. The number of nitrogens with two attached hydrogens (primary N) is 1. The lowest BCUT2D eigenvalue weighted by atomic mass is 10.0. The molecule has 1 atom stereocenters. The van der Waals surface area contributed by atoms with E-state index in [4.69, 9.17) is 10.5 Å². The van der Waals surface area contributed by atoms with Gasteiger partial charge in [0, 0.05) is 12.7 Å². The van der Waals surface area contributed by atoms with Gasteiger partial charge in [-0.3, -0.25) is 4.79 Å². The normalized spacial score (nSPS) is 12.1. The van der Waals surface area contributed by atoms with Gasteiger partial charge in [-0.1, -0.05) is 54.6 Å². The molecule has 0 heterocycles. The first-order chi connectivity index (χ1) is 9.22. The Kier molecular flexibility index (Phi) is 4.44. The fourth-order valence-electron chi connectivity index (χ4n) is 1.93. The SMILES string of the molecule is COCC(N)C(=O)c1ccc(-c2ccccc2)cc1. The van der Waals surface area contributed by atoms with Crippen molar-refractivity contribution in [1.82, 2.24) is 0 Å². The van der Waals surface area contributed by atoms with Gasteiger partial charge in [0.1, 0.15) is 0 Å². The first-order valence-corrected chi connectivity index (χ1v) is 6.16. The highest BCUT2D eigenvalue weighted by atomic mass is 16.5. The fourth-order valence-corrected chi connectivity index (χ4v) is 1.93. The molecule has 0 aromatic heterocycles. The van der Waals surface area contributed by atoms with Crippen LogP contribution < -0.4 is 5.73 Å². The second kappa shape index (κ2) is 6.27. The number of carbonyl (C=O) groups is 1.